The van der Waals surface area contributed by atoms with Crippen LogP contribution >= 0.6 is 0 Å². The second kappa shape index (κ2) is 11.5. The minimum absolute atomic E-state index is 0.0350. The molecule has 2 unspecified atom stereocenters. The van der Waals surface area contributed by atoms with Crippen LogP contribution in [0.4, 0.5) is 10.3 Å². The van der Waals surface area contributed by atoms with Crippen LogP contribution in [-0.2, 0) is 11.2 Å². The second-order valence-corrected chi connectivity index (χ2v) is 11.5. The average Bonchev–Trinajstić information content (AvgIpc) is 3.34. The van der Waals surface area contributed by atoms with Gasteiger partial charge in [-0.2, -0.15) is 0 Å². The van der Waals surface area contributed by atoms with Crippen LogP contribution in [0.2, 0.25) is 0 Å². The van der Waals surface area contributed by atoms with Crippen molar-refractivity contribution in [3.8, 4) is 22.9 Å². The first-order valence-corrected chi connectivity index (χ1v) is 14.6. The van der Waals surface area contributed by atoms with Gasteiger partial charge < -0.3 is 15.4 Å². The number of hydrogen-bond acceptors (Lipinski definition) is 7. The molecule has 0 spiro atoms. The normalized spacial score (nSPS) is 22.5. The van der Waals surface area contributed by atoms with Crippen molar-refractivity contribution in [2.45, 2.75) is 64.1 Å². The molecular formula is C33H36FN5O2. The topological polar surface area (TPSA) is 89.0 Å². The Bertz CT molecular complexity index is 1570. The number of aromatic nitrogens is 3. The summed E-state index contributed by atoms with van der Waals surface area (Å²) in [5.74, 6) is 1.11. The molecule has 8 heteroatoms. The molecule has 7 nitrogen and oxygen atoms in total. The van der Waals surface area contributed by atoms with E-state index in [1.165, 1.54) is 0 Å². The van der Waals surface area contributed by atoms with Crippen LogP contribution in [0.1, 0.15) is 50.2 Å². The number of alkyl halides is 1. The summed E-state index contributed by atoms with van der Waals surface area (Å²) in [4.78, 5) is 27.0. The molecule has 2 aromatic carbocycles. The number of nitrogens with zero attached hydrogens (tertiary/aromatic N) is 3. The Morgan fingerprint density at radius 3 is 2.78 bits per heavy atom. The first-order chi connectivity index (χ1) is 19.9. The van der Waals surface area contributed by atoms with E-state index in [0.29, 0.717) is 36.1 Å². The highest BCUT2D eigenvalue weighted by Gasteiger charge is 2.43. The third-order valence-corrected chi connectivity index (χ3v) is 8.47. The van der Waals surface area contributed by atoms with Crippen molar-refractivity contribution < 1.29 is 13.9 Å². The lowest BCUT2D eigenvalue weighted by atomic mass is 9.86. The van der Waals surface area contributed by atoms with Gasteiger partial charge in [-0.05, 0) is 87.2 Å². The summed E-state index contributed by atoms with van der Waals surface area (Å²) < 4.78 is 21.5. The predicted molar refractivity (Wildman–Crippen MR) is 159 cm³/mol. The van der Waals surface area contributed by atoms with Gasteiger partial charge in [0, 0.05) is 36.8 Å². The van der Waals surface area contributed by atoms with Crippen LogP contribution in [0.3, 0.4) is 0 Å². The highest BCUT2D eigenvalue weighted by molar-refractivity contribution is 5.96. The minimum Gasteiger partial charge on any atom is -0.437 e. The van der Waals surface area contributed by atoms with Crippen LogP contribution in [0.15, 0.2) is 60.9 Å². The van der Waals surface area contributed by atoms with Gasteiger partial charge in [-0.15, -0.1) is 0 Å². The van der Waals surface area contributed by atoms with Crippen LogP contribution in [-0.4, -0.2) is 45.5 Å². The van der Waals surface area contributed by atoms with Crippen molar-refractivity contribution in [2.24, 2.45) is 5.92 Å². The summed E-state index contributed by atoms with van der Waals surface area (Å²) in [6, 6.07) is 15.8. The number of fused-ring (bicyclic) bond motifs is 1. The van der Waals surface area contributed by atoms with Gasteiger partial charge in [0.25, 0.3) is 0 Å². The number of nitrogens with one attached hydrogen (secondary N) is 2. The van der Waals surface area contributed by atoms with Gasteiger partial charge in [0.2, 0.25) is 11.8 Å². The summed E-state index contributed by atoms with van der Waals surface area (Å²) >= 11 is 0. The Morgan fingerprint density at radius 1 is 1.07 bits per heavy atom. The number of ketones is 1. The van der Waals surface area contributed by atoms with E-state index in [1.54, 1.807) is 19.3 Å². The number of carbonyl (C=O) groups is 1. The number of benzene rings is 2. The van der Waals surface area contributed by atoms with E-state index in [4.69, 9.17) is 9.72 Å². The molecule has 212 valence electrons. The summed E-state index contributed by atoms with van der Waals surface area (Å²) in [5.41, 5.74) is 1.87. The van der Waals surface area contributed by atoms with E-state index in [9.17, 15) is 9.18 Å². The summed E-state index contributed by atoms with van der Waals surface area (Å²) in [6.45, 7) is 5.48. The van der Waals surface area contributed by atoms with Gasteiger partial charge >= 0.3 is 0 Å². The number of piperidine rings is 1. The second-order valence-electron chi connectivity index (χ2n) is 11.5. The molecule has 0 amide bonds. The van der Waals surface area contributed by atoms with E-state index in [-0.39, 0.29) is 18.2 Å². The lowest BCUT2D eigenvalue weighted by Gasteiger charge is -2.23. The Morgan fingerprint density at radius 2 is 1.98 bits per heavy atom. The highest BCUT2D eigenvalue weighted by Crippen LogP contribution is 2.41. The van der Waals surface area contributed by atoms with E-state index in [0.717, 1.165) is 59.8 Å². The molecule has 41 heavy (non-hydrogen) atoms. The van der Waals surface area contributed by atoms with Gasteiger partial charge in [-0.3, -0.25) is 4.79 Å². The first kappa shape index (κ1) is 27.3. The standard InChI is InChI=1S/C33H36FN5O2/c1-21-12-13-24-22(19-29(40)27-11-4-15-33(27,2)34)7-3-9-25(24)30(21)41-31-26(10-6-17-36-31)28-14-18-37-32(39-28)38-23-8-5-16-35-20-23/h3,6-7,9-10,12-14,17-18,23,27,35H,4-5,8,11,15-16,19-20H2,1-2H3,(H,37,38,39)/t23-,27?,33?/m0/s1. The number of rotatable bonds is 8. The molecular weight excluding hydrogens is 517 g/mol. The maximum absolute atomic E-state index is 15.0. The summed E-state index contributed by atoms with van der Waals surface area (Å²) in [5, 5.41) is 8.66. The van der Waals surface area contributed by atoms with Crippen LogP contribution in [0, 0.1) is 12.8 Å². The van der Waals surface area contributed by atoms with Gasteiger partial charge in [0.1, 0.15) is 17.2 Å². The van der Waals surface area contributed by atoms with Crippen molar-refractivity contribution in [3.63, 3.8) is 0 Å². The smallest absolute Gasteiger partial charge is 0.228 e. The molecule has 1 aliphatic heterocycles. The maximum Gasteiger partial charge on any atom is 0.228 e. The molecule has 2 aromatic heterocycles. The largest absolute Gasteiger partial charge is 0.437 e. The van der Waals surface area contributed by atoms with E-state index in [1.807, 2.05) is 55.5 Å². The molecule has 1 aliphatic carbocycles. The highest BCUT2D eigenvalue weighted by atomic mass is 19.1. The summed E-state index contributed by atoms with van der Waals surface area (Å²) in [7, 11) is 0. The lowest BCUT2D eigenvalue weighted by Crippen LogP contribution is -2.38. The first-order valence-electron chi connectivity index (χ1n) is 14.6. The van der Waals surface area contributed by atoms with Gasteiger partial charge in [0.05, 0.1) is 17.2 Å². The molecule has 2 fully saturated rings. The Labute approximate surface area is 240 Å². The number of carbonyl (C=O) groups excluding carboxylic acids is 1. The Balaban J connectivity index is 1.30. The third kappa shape index (κ3) is 5.79. The van der Waals surface area contributed by atoms with Gasteiger partial charge in [-0.25, -0.2) is 19.3 Å². The van der Waals surface area contributed by atoms with Gasteiger partial charge in [-0.1, -0.05) is 30.3 Å². The number of pyridine rings is 1. The van der Waals surface area contributed by atoms with Gasteiger partial charge in [0.15, 0.2) is 0 Å². The number of aryl methyl sites for hydroxylation is 1. The monoisotopic (exact) mass is 553 g/mol. The number of Topliss-reactive ketones (excluding diaryl/α,β-unsaturated/α-hetero) is 1. The van der Waals surface area contributed by atoms with Crippen molar-refractivity contribution in [1.82, 2.24) is 20.3 Å². The fourth-order valence-electron chi connectivity index (χ4n) is 6.23. The van der Waals surface area contributed by atoms with Crippen molar-refractivity contribution >= 4 is 22.5 Å². The van der Waals surface area contributed by atoms with Crippen molar-refractivity contribution in [3.05, 3.63) is 72.1 Å². The van der Waals surface area contributed by atoms with E-state index < -0.39 is 11.6 Å². The molecule has 2 aliphatic rings. The molecule has 4 aromatic rings. The minimum atomic E-state index is -1.43. The molecule has 2 N–H and O–H groups in total. The average molecular weight is 554 g/mol. The fraction of sp³-hybridized carbons (Fsp3) is 0.394. The maximum atomic E-state index is 15.0. The van der Waals surface area contributed by atoms with Crippen LogP contribution in [0.5, 0.6) is 11.6 Å². The Hall–Kier alpha value is -3.91. The number of halogens is 1. The molecule has 3 atom stereocenters. The molecule has 0 bridgehead atoms. The molecule has 1 saturated carbocycles. The summed E-state index contributed by atoms with van der Waals surface area (Å²) in [6.07, 6.45) is 7.66. The van der Waals surface area contributed by atoms with Crippen LogP contribution < -0.4 is 15.4 Å². The van der Waals surface area contributed by atoms with E-state index in [2.05, 4.69) is 20.6 Å². The zero-order chi connectivity index (χ0) is 28.4. The lowest BCUT2D eigenvalue weighted by molar-refractivity contribution is -0.125. The number of anilines is 1. The molecule has 3 heterocycles. The quantitative estimate of drug-likeness (QED) is 0.254. The SMILES string of the molecule is Cc1ccc2c(CC(=O)C3CCCC3(C)F)cccc2c1Oc1ncccc1-c1ccnc(N[C@H]2CCCNC2)n1. The third-order valence-electron chi connectivity index (χ3n) is 8.47. The van der Waals surface area contributed by atoms with Crippen molar-refractivity contribution in [1.29, 1.82) is 0 Å². The fourth-order valence-corrected chi connectivity index (χ4v) is 6.23. The predicted octanol–water partition coefficient (Wildman–Crippen LogP) is 6.60. The zero-order valence-corrected chi connectivity index (χ0v) is 23.6. The molecule has 1 saturated heterocycles. The molecule has 0 radical (unpaired) electrons. The van der Waals surface area contributed by atoms with Crippen LogP contribution in [0.25, 0.3) is 22.0 Å². The van der Waals surface area contributed by atoms with E-state index >= 15 is 0 Å². The number of hydrogen-bond donors (Lipinski definition) is 2. The zero-order valence-electron chi connectivity index (χ0n) is 23.6. The number of ether oxygens (including phenoxy) is 1. The van der Waals surface area contributed by atoms with Crippen molar-refractivity contribution in [2.75, 3.05) is 18.4 Å². The molecule has 6 rings (SSSR count). The Kier molecular flexibility index (Phi) is 7.67.